The maximum atomic E-state index is 13.3. The Kier molecular flexibility index (Phi) is 6.65. The van der Waals surface area contributed by atoms with E-state index >= 15 is 0 Å². The summed E-state index contributed by atoms with van der Waals surface area (Å²) in [4.78, 5) is 45.4. The standard InChI is InChI=1S/C25H27N5O5/c1-4-27(5-2)13-14-29-22(17-9-8-10-18(15-17)30(34)35)20(24(32)25(29)33)23(31)21-16(3)26-19-11-6-7-12-28(19)21/h6-12,15,22,31H,4-5,13-14H2,1-3H3/b23-20+. The molecule has 1 N–H and O–H groups in total. The van der Waals surface area contributed by atoms with Gasteiger partial charge in [0.1, 0.15) is 11.3 Å². The van der Waals surface area contributed by atoms with Crippen molar-refractivity contribution in [3.8, 4) is 0 Å². The maximum absolute atomic E-state index is 13.3. The van der Waals surface area contributed by atoms with Crippen LogP contribution in [0, 0.1) is 17.0 Å². The number of aromatic nitrogens is 2. The molecule has 1 aromatic carbocycles. The Morgan fingerprint density at radius 2 is 1.91 bits per heavy atom. The second kappa shape index (κ2) is 9.67. The number of aryl methyl sites for hydroxylation is 1. The number of rotatable bonds is 8. The van der Waals surface area contributed by atoms with Crippen molar-refractivity contribution in [3.05, 3.63) is 81.3 Å². The normalized spacial score (nSPS) is 17.6. The predicted molar refractivity (Wildman–Crippen MR) is 130 cm³/mol. The summed E-state index contributed by atoms with van der Waals surface area (Å²) in [7, 11) is 0. The number of carbonyl (C=O) groups excluding carboxylic acids is 2. The van der Waals surface area contributed by atoms with E-state index in [4.69, 9.17) is 0 Å². The highest BCUT2D eigenvalue weighted by atomic mass is 16.6. The molecule has 10 heteroatoms. The Morgan fingerprint density at radius 1 is 1.17 bits per heavy atom. The summed E-state index contributed by atoms with van der Waals surface area (Å²) in [5, 5.41) is 22.9. The fourth-order valence-corrected chi connectivity index (χ4v) is 4.58. The van der Waals surface area contributed by atoms with Gasteiger partial charge in [0.2, 0.25) is 0 Å². The molecule has 0 spiro atoms. The van der Waals surface area contributed by atoms with Gasteiger partial charge < -0.3 is 14.9 Å². The van der Waals surface area contributed by atoms with Crippen LogP contribution in [-0.2, 0) is 9.59 Å². The van der Waals surface area contributed by atoms with E-state index in [1.165, 1.54) is 23.1 Å². The summed E-state index contributed by atoms with van der Waals surface area (Å²) in [6, 6.07) is 10.2. The van der Waals surface area contributed by atoms with Gasteiger partial charge in [0.05, 0.1) is 22.2 Å². The molecule has 0 radical (unpaired) electrons. The topological polar surface area (TPSA) is 121 Å². The number of hydrogen-bond donors (Lipinski definition) is 1. The smallest absolute Gasteiger partial charge is 0.295 e. The van der Waals surface area contributed by atoms with Crippen molar-refractivity contribution in [1.29, 1.82) is 0 Å². The Morgan fingerprint density at radius 3 is 2.60 bits per heavy atom. The third-order valence-electron chi connectivity index (χ3n) is 6.42. The number of imidazole rings is 1. The lowest BCUT2D eigenvalue weighted by Crippen LogP contribution is -2.38. The van der Waals surface area contributed by atoms with Crippen LogP contribution < -0.4 is 0 Å². The second-order valence-electron chi connectivity index (χ2n) is 8.35. The van der Waals surface area contributed by atoms with E-state index in [1.807, 2.05) is 13.8 Å². The van der Waals surface area contributed by atoms with Crippen LogP contribution in [0.3, 0.4) is 0 Å². The number of carbonyl (C=O) groups is 2. The first-order valence-corrected chi connectivity index (χ1v) is 11.5. The van der Waals surface area contributed by atoms with Gasteiger partial charge in [0, 0.05) is 31.4 Å². The molecule has 0 bridgehead atoms. The van der Waals surface area contributed by atoms with Crippen LogP contribution >= 0.6 is 0 Å². The van der Waals surface area contributed by atoms with Gasteiger partial charge in [-0.05, 0) is 37.7 Å². The number of likely N-dealkylation sites (N-methyl/N-ethyl adjacent to an activating group) is 1. The minimum Gasteiger partial charge on any atom is -0.505 e. The molecule has 2 aromatic heterocycles. The molecule has 3 heterocycles. The average Bonchev–Trinajstić information content (AvgIpc) is 3.32. The van der Waals surface area contributed by atoms with Crippen molar-refractivity contribution in [2.75, 3.05) is 26.2 Å². The third-order valence-corrected chi connectivity index (χ3v) is 6.42. The molecule has 0 saturated carbocycles. The number of fused-ring (bicyclic) bond motifs is 1. The Balaban J connectivity index is 1.91. The molecule has 35 heavy (non-hydrogen) atoms. The van der Waals surface area contributed by atoms with E-state index in [1.54, 1.807) is 41.8 Å². The van der Waals surface area contributed by atoms with Gasteiger partial charge in [0.15, 0.2) is 5.76 Å². The lowest BCUT2D eigenvalue weighted by Gasteiger charge is -2.28. The summed E-state index contributed by atoms with van der Waals surface area (Å²) in [5.74, 6) is -1.94. The largest absolute Gasteiger partial charge is 0.505 e. The fourth-order valence-electron chi connectivity index (χ4n) is 4.58. The molecule has 1 aliphatic heterocycles. The zero-order valence-electron chi connectivity index (χ0n) is 19.8. The van der Waals surface area contributed by atoms with Crippen LogP contribution in [0.25, 0.3) is 11.4 Å². The number of Topliss-reactive ketones (excluding diaryl/α,β-unsaturated/α-hetero) is 1. The minimum atomic E-state index is -0.973. The molecular weight excluding hydrogens is 450 g/mol. The van der Waals surface area contributed by atoms with Crippen LogP contribution in [0.5, 0.6) is 0 Å². The van der Waals surface area contributed by atoms with Crippen LogP contribution in [-0.4, -0.2) is 67.1 Å². The number of non-ortho nitro benzene ring substituents is 1. The molecule has 1 saturated heterocycles. The quantitative estimate of drug-likeness (QED) is 0.174. The fraction of sp³-hybridized carbons (Fsp3) is 0.320. The molecule has 182 valence electrons. The van der Waals surface area contributed by atoms with Gasteiger partial charge in [-0.15, -0.1) is 0 Å². The van der Waals surface area contributed by atoms with E-state index in [-0.39, 0.29) is 23.6 Å². The third kappa shape index (κ3) is 4.28. The number of aliphatic hydroxyl groups is 1. The molecule has 10 nitrogen and oxygen atoms in total. The van der Waals surface area contributed by atoms with Crippen molar-refractivity contribution < 1.29 is 19.6 Å². The lowest BCUT2D eigenvalue weighted by molar-refractivity contribution is -0.384. The highest BCUT2D eigenvalue weighted by molar-refractivity contribution is 6.46. The highest BCUT2D eigenvalue weighted by Gasteiger charge is 2.46. The van der Waals surface area contributed by atoms with E-state index in [2.05, 4.69) is 9.88 Å². The van der Waals surface area contributed by atoms with Gasteiger partial charge in [-0.1, -0.05) is 32.0 Å². The number of benzene rings is 1. The van der Waals surface area contributed by atoms with Crippen molar-refractivity contribution >= 4 is 28.8 Å². The number of ketones is 1. The average molecular weight is 478 g/mol. The molecule has 1 fully saturated rings. The monoisotopic (exact) mass is 477 g/mol. The molecule has 3 aromatic rings. The molecule has 0 aliphatic carbocycles. The number of nitrogens with zero attached hydrogens (tertiary/aromatic N) is 5. The summed E-state index contributed by atoms with van der Waals surface area (Å²) in [6.45, 7) is 7.99. The zero-order valence-corrected chi connectivity index (χ0v) is 19.8. The predicted octanol–water partition coefficient (Wildman–Crippen LogP) is 3.31. The Hall–Kier alpha value is -4.05. The molecule has 1 amide bonds. The molecule has 1 aliphatic rings. The lowest BCUT2D eigenvalue weighted by atomic mass is 9.96. The number of amides is 1. The molecular formula is C25H27N5O5. The number of pyridine rings is 1. The first kappa shape index (κ1) is 24.1. The van der Waals surface area contributed by atoms with Crippen molar-refractivity contribution in [2.24, 2.45) is 0 Å². The number of likely N-dealkylation sites (tertiary alicyclic amines) is 1. The van der Waals surface area contributed by atoms with Crippen molar-refractivity contribution in [1.82, 2.24) is 19.2 Å². The maximum Gasteiger partial charge on any atom is 0.295 e. The van der Waals surface area contributed by atoms with E-state index in [9.17, 15) is 24.8 Å². The number of hydrogen-bond acceptors (Lipinski definition) is 7. The summed E-state index contributed by atoms with van der Waals surface area (Å²) < 4.78 is 1.65. The molecule has 1 unspecified atom stereocenters. The SMILES string of the molecule is CCN(CC)CCN1C(=O)C(=O)/C(=C(/O)c2c(C)nc3ccccn23)C1c1cccc([N+](=O)[O-])c1. The van der Waals surface area contributed by atoms with Crippen LogP contribution in [0.1, 0.15) is 36.8 Å². The summed E-state index contributed by atoms with van der Waals surface area (Å²) in [6.07, 6.45) is 1.71. The Labute approximate surface area is 202 Å². The van der Waals surface area contributed by atoms with Gasteiger partial charge in [-0.25, -0.2) is 4.98 Å². The zero-order chi connectivity index (χ0) is 25.3. The van der Waals surface area contributed by atoms with Crippen LogP contribution in [0.2, 0.25) is 0 Å². The van der Waals surface area contributed by atoms with Crippen molar-refractivity contribution in [3.63, 3.8) is 0 Å². The summed E-state index contributed by atoms with van der Waals surface area (Å²) in [5.41, 5.74) is 1.48. The minimum absolute atomic E-state index is 0.108. The summed E-state index contributed by atoms with van der Waals surface area (Å²) >= 11 is 0. The highest BCUT2D eigenvalue weighted by Crippen LogP contribution is 2.40. The van der Waals surface area contributed by atoms with Gasteiger partial charge in [-0.2, -0.15) is 0 Å². The number of aliphatic hydroxyl groups excluding tert-OH is 1. The van der Waals surface area contributed by atoms with E-state index in [0.717, 1.165) is 13.1 Å². The van der Waals surface area contributed by atoms with Crippen LogP contribution in [0.15, 0.2) is 54.2 Å². The van der Waals surface area contributed by atoms with E-state index < -0.39 is 22.7 Å². The Bertz CT molecular complexity index is 1340. The first-order valence-electron chi connectivity index (χ1n) is 11.5. The van der Waals surface area contributed by atoms with Crippen molar-refractivity contribution in [2.45, 2.75) is 26.8 Å². The molecule has 4 rings (SSSR count). The number of nitro benzene ring substituents is 1. The second-order valence-corrected chi connectivity index (χ2v) is 8.35. The first-order chi connectivity index (χ1) is 16.8. The van der Waals surface area contributed by atoms with Gasteiger partial charge >= 0.3 is 0 Å². The van der Waals surface area contributed by atoms with Gasteiger partial charge in [0.25, 0.3) is 17.4 Å². The van der Waals surface area contributed by atoms with E-state index in [0.29, 0.717) is 29.1 Å². The number of nitro groups is 1. The molecule has 1 atom stereocenters. The van der Waals surface area contributed by atoms with Crippen LogP contribution in [0.4, 0.5) is 5.69 Å². The van der Waals surface area contributed by atoms with Gasteiger partial charge in [-0.3, -0.25) is 24.1 Å².